The van der Waals surface area contributed by atoms with Crippen molar-refractivity contribution >= 4 is 11.9 Å². The molecule has 1 saturated heterocycles. The molecule has 0 aromatic rings. The second-order valence-electron chi connectivity index (χ2n) is 6.04. The third-order valence-corrected chi connectivity index (χ3v) is 4.57. The largest absolute Gasteiger partial charge is 0.481 e. The number of carboxylic acid groups (broad SMARTS) is 1. The Kier molecular flexibility index (Phi) is 4.65. The van der Waals surface area contributed by atoms with Crippen LogP contribution in [0.3, 0.4) is 0 Å². The van der Waals surface area contributed by atoms with Gasteiger partial charge in [0.1, 0.15) is 5.60 Å². The topological polar surface area (TPSA) is 95.9 Å². The summed E-state index contributed by atoms with van der Waals surface area (Å²) in [6.07, 6.45) is 2.58. The van der Waals surface area contributed by atoms with E-state index in [0.717, 1.165) is 6.42 Å². The molecule has 0 aromatic carbocycles. The van der Waals surface area contributed by atoms with Crippen molar-refractivity contribution in [2.45, 2.75) is 38.2 Å². The molecule has 1 aliphatic heterocycles. The van der Waals surface area contributed by atoms with Crippen LogP contribution in [0.1, 0.15) is 32.6 Å². The predicted molar refractivity (Wildman–Crippen MR) is 71.0 cm³/mol. The number of nitrogens with one attached hydrogen (secondary N) is 1. The van der Waals surface area contributed by atoms with E-state index in [2.05, 4.69) is 5.32 Å². The first-order valence-electron chi connectivity index (χ1n) is 7.26. The SMILES string of the molecule is CCC1C[C@H](C(=O)NCC2(O)CCOC2)[C@H](C(=O)O)C1. The fourth-order valence-corrected chi connectivity index (χ4v) is 3.16. The van der Waals surface area contributed by atoms with E-state index in [1.807, 2.05) is 6.92 Å². The maximum atomic E-state index is 12.2. The van der Waals surface area contributed by atoms with Gasteiger partial charge in [0, 0.05) is 19.6 Å². The molecular weight excluding hydrogens is 262 g/mol. The molecule has 0 aromatic heterocycles. The number of ether oxygens (including phenoxy) is 1. The molecule has 1 saturated carbocycles. The van der Waals surface area contributed by atoms with Crippen molar-refractivity contribution < 1.29 is 24.5 Å². The lowest BCUT2D eigenvalue weighted by Gasteiger charge is -2.23. The van der Waals surface area contributed by atoms with E-state index in [1.54, 1.807) is 0 Å². The average Bonchev–Trinajstić information content (AvgIpc) is 3.02. The lowest BCUT2D eigenvalue weighted by atomic mass is 9.95. The quantitative estimate of drug-likeness (QED) is 0.679. The number of aliphatic hydroxyl groups is 1. The van der Waals surface area contributed by atoms with E-state index in [1.165, 1.54) is 0 Å². The monoisotopic (exact) mass is 285 g/mol. The lowest BCUT2D eigenvalue weighted by Crippen LogP contribution is -2.46. The van der Waals surface area contributed by atoms with E-state index >= 15 is 0 Å². The lowest BCUT2D eigenvalue weighted by molar-refractivity contribution is -0.146. The maximum absolute atomic E-state index is 12.2. The molecule has 0 radical (unpaired) electrons. The van der Waals surface area contributed by atoms with Crippen LogP contribution in [0, 0.1) is 17.8 Å². The van der Waals surface area contributed by atoms with Crippen LogP contribution in [0.2, 0.25) is 0 Å². The van der Waals surface area contributed by atoms with Crippen LogP contribution < -0.4 is 5.32 Å². The molecule has 2 unspecified atom stereocenters. The molecule has 2 fully saturated rings. The third kappa shape index (κ3) is 3.30. The van der Waals surface area contributed by atoms with Gasteiger partial charge in [0.25, 0.3) is 0 Å². The zero-order valence-corrected chi connectivity index (χ0v) is 11.8. The first-order valence-corrected chi connectivity index (χ1v) is 7.26. The Hall–Kier alpha value is -1.14. The van der Waals surface area contributed by atoms with Crippen LogP contribution in [0.15, 0.2) is 0 Å². The van der Waals surface area contributed by atoms with Crippen molar-refractivity contribution in [3.05, 3.63) is 0 Å². The van der Waals surface area contributed by atoms with Gasteiger partial charge in [-0.05, 0) is 18.8 Å². The van der Waals surface area contributed by atoms with Crippen molar-refractivity contribution in [2.75, 3.05) is 19.8 Å². The highest BCUT2D eigenvalue weighted by Crippen LogP contribution is 2.38. The molecule has 4 atom stereocenters. The van der Waals surface area contributed by atoms with Crippen molar-refractivity contribution in [2.24, 2.45) is 17.8 Å². The number of hydrogen-bond donors (Lipinski definition) is 3. The summed E-state index contributed by atoms with van der Waals surface area (Å²) in [5.41, 5.74) is -1.00. The summed E-state index contributed by atoms with van der Waals surface area (Å²) in [7, 11) is 0. The summed E-state index contributed by atoms with van der Waals surface area (Å²) in [4.78, 5) is 23.4. The van der Waals surface area contributed by atoms with Crippen molar-refractivity contribution in [1.82, 2.24) is 5.32 Å². The number of carbonyl (C=O) groups excluding carboxylic acids is 1. The number of carbonyl (C=O) groups is 2. The molecule has 20 heavy (non-hydrogen) atoms. The van der Waals surface area contributed by atoms with Crippen molar-refractivity contribution in [3.63, 3.8) is 0 Å². The third-order valence-electron chi connectivity index (χ3n) is 4.57. The van der Waals surface area contributed by atoms with Gasteiger partial charge < -0.3 is 20.3 Å². The number of rotatable bonds is 5. The zero-order chi connectivity index (χ0) is 14.8. The highest BCUT2D eigenvalue weighted by molar-refractivity contribution is 5.85. The van der Waals surface area contributed by atoms with Gasteiger partial charge in [0.05, 0.1) is 18.4 Å². The normalized spacial score (nSPS) is 37.0. The summed E-state index contributed by atoms with van der Waals surface area (Å²) in [6, 6.07) is 0. The summed E-state index contributed by atoms with van der Waals surface area (Å²) < 4.78 is 5.12. The first kappa shape index (κ1) is 15.3. The van der Waals surface area contributed by atoms with Gasteiger partial charge in [-0.1, -0.05) is 13.3 Å². The molecule has 6 heteroatoms. The van der Waals surface area contributed by atoms with E-state index < -0.39 is 23.4 Å². The molecule has 1 heterocycles. The first-order chi connectivity index (χ1) is 9.45. The van der Waals surface area contributed by atoms with Gasteiger partial charge in [-0.15, -0.1) is 0 Å². The Morgan fingerprint density at radius 2 is 2.05 bits per heavy atom. The summed E-state index contributed by atoms with van der Waals surface area (Å²) in [5.74, 6) is -1.94. The van der Waals surface area contributed by atoms with Crippen LogP contribution in [0.25, 0.3) is 0 Å². The molecule has 2 aliphatic rings. The van der Waals surface area contributed by atoms with Crippen LogP contribution >= 0.6 is 0 Å². The van der Waals surface area contributed by atoms with E-state index in [9.17, 15) is 19.8 Å². The average molecular weight is 285 g/mol. The van der Waals surface area contributed by atoms with Gasteiger partial charge in [0.2, 0.25) is 5.91 Å². The van der Waals surface area contributed by atoms with Crippen LogP contribution in [0.4, 0.5) is 0 Å². The van der Waals surface area contributed by atoms with Crippen molar-refractivity contribution in [1.29, 1.82) is 0 Å². The Labute approximate surface area is 118 Å². The zero-order valence-electron chi connectivity index (χ0n) is 11.8. The fraction of sp³-hybridized carbons (Fsp3) is 0.857. The molecule has 2 rings (SSSR count). The van der Waals surface area contributed by atoms with Crippen LogP contribution in [0.5, 0.6) is 0 Å². The highest BCUT2D eigenvalue weighted by atomic mass is 16.5. The Morgan fingerprint density at radius 3 is 2.60 bits per heavy atom. The summed E-state index contributed by atoms with van der Waals surface area (Å²) in [5, 5.41) is 22.0. The van der Waals surface area contributed by atoms with E-state index in [-0.39, 0.29) is 19.1 Å². The standard InChI is InChI=1S/C14H23NO5/c1-2-9-5-10(11(6-9)13(17)18)12(16)15-7-14(19)3-4-20-8-14/h9-11,19H,2-8H2,1H3,(H,15,16)(H,17,18)/t9?,10-,11+,14?/m0/s1. The number of hydrogen-bond acceptors (Lipinski definition) is 4. The van der Waals surface area contributed by atoms with Gasteiger partial charge in [0.15, 0.2) is 0 Å². The Balaban J connectivity index is 1.91. The molecule has 6 nitrogen and oxygen atoms in total. The fourth-order valence-electron chi connectivity index (χ4n) is 3.16. The molecule has 114 valence electrons. The predicted octanol–water partition coefficient (Wildman–Crippen LogP) is 0.391. The van der Waals surface area contributed by atoms with E-state index in [4.69, 9.17) is 4.74 Å². The molecule has 0 spiro atoms. The van der Waals surface area contributed by atoms with Gasteiger partial charge in [-0.2, -0.15) is 0 Å². The van der Waals surface area contributed by atoms with Crippen molar-refractivity contribution in [3.8, 4) is 0 Å². The Bertz CT molecular complexity index is 378. The summed E-state index contributed by atoms with van der Waals surface area (Å²) in [6.45, 7) is 2.86. The molecule has 1 amide bonds. The highest BCUT2D eigenvalue weighted by Gasteiger charge is 2.43. The molecular formula is C14H23NO5. The second kappa shape index (κ2) is 6.10. The molecule has 1 aliphatic carbocycles. The number of aliphatic carboxylic acids is 1. The minimum absolute atomic E-state index is 0.130. The second-order valence-corrected chi connectivity index (χ2v) is 6.04. The maximum Gasteiger partial charge on any atom is 0.307 e. The van der Waals surface area contributed by atoms with Gasteiger partial charge >= 0.3 is 5.97 Å². The van der Waals surface area contributed by atoms with Crippen LogP contribution in [-0.4, -0.2) is 47.4 Å². The number of carboxylic acids is 1. The Morgan fingerprint density at radius 1 is 1.35 bits per heavy atom. The van der Waals surface area contributed by atoms with E-state index in [0.29, 0.717) is 31.8 Å². The van der Waals surface area contributed by atoms with Gasteiger partial charge in [-0.3, -0.25) is 9.59 Å². The van der Waals surface area contributed by atoms with Gasteiger partial charge in [-0.25, -0.2) is 0 Å². The molecule has 3 N–H and O–H groups in total. The molecule has 0 bridgehead atoms. The minimum Gasteiger partial charge on any atom is -0.481 e. The minimum atomic E-state index is -1.00. The smallest absolute Gasteiger partial charge is 0.307 e. The van der Waals surface area contributed by atoms with Crippen LogP contribution in [-0.2, 0) is 14.3 Å². The number of amides is 1. The summed E-state index contributed by atoms with van der Waals surface area (Å²) >= 11 is 0.